The molecule has 0 unspecified atom stereocenters. The Bertz CT molecular complexity index is 611. The van der Waals surface area contributed by atoms with Crippen molar-refractivity contribution in [1.82, 2.24) is 4.98 Å². The minimum absolute atomic E-state index is 0.103. The van der Waals surface area contributed by atoms with E-state index < -0.39 is 28.8 Å². The van der Waals surface area contributed by atoms with Crippen LogP contribution in [0.25, 0.3) is 0 Å². The molecule has 0 aliphatic carbocycles. The molecule has 0 aliphatic rings. The number of hydrogen-bond acceptors (Lipinski definition) is 3. The number of nitrogens with zero attached hydrogens (tertiary/aromatic N) is 1. The van der Waals surface area contributed by atoms with Crippen LogP contribution >= 0.6 is 0 Å². The topological polar surface area (TPSA) is 56.0 Å². The molecular formula is C12H7F3N2O. The largest absolute Gasteiger partial charge is 0.397 e. The second kappa shape index (κ2) is 4.48. The predicted molar refractivity (Wildman–Crippen MR) is 58.4 cm³/mol. The average Bonchev–Trinajstić information content (AvgIpc) is 2.36. The highest BCUT2D eigenvalue weighted by molar-refractivity contribution is 6.07. The first-order valence-electron chi connectivity index (χ1n) is 4.90. The number of carbonyl (C=O) groups is 1. The lowest BCUT2D eigenvalue weighted by molar-refractivity contribution is 0.102. The Morgan fingerprint density at radius 3 is 2.39 bits per heavy atom. The quantitative estimate of drug-likeness (QED) is 0.659. The fraction of sp³-hybridized carbons (Fsp3) is 0. The molecule has 92 valence electrons. The number of rotatable bonds is 2. The number of benzene rings is 1. The van der Waals surface area contributed by atoms with Gasteiger partial charge in [0.2, 0.25) is 5.78 Å². The molecule has 1 aromatic heterocycles. The molecule has 3 nitrogen and oxygen atoms in total. The van der Waals surface area contributed by atoms with Gasteiger partial charge >= 0.3 is 0 Å². The van der Waals surface area contributed by atoms with Crippen LogP contribution in [-0.4, -0.2) is 10.8 Å². The first-order chi connectivity index (χ1) is 8.50. The summed E-state index contributed by atoms with van der Waals surface area (Å²) >= 11 is 0. The van der Waals surface area contributed by atoms with Gasteiger partial charge < -0.3 is 5.73 Å². The highest BCUT2D eigenvalue weighted by atomic mass is 19.2. The van der Waals surface area contributed by atoms with Crippen molar-refractivity contribution in [2.24, 2.45) is 0 Å². The smallest absolute Gasteiger partial charge is 0.214 e. The average molecular weight is 252 g/mol. The molecule has 2 rings (SSSR count). The third-order valence-corrected chi connectivity index (χ3v) is 2.30. The molecule has 6 heteroatoms. The number of nitrogen functional groups attached to an aromatic ring is 1. The van der Waals surface area contributed by atoms with E-state index in [1.54, 1.807) is 0 Å². The van der Waals surface area contributed by atoms with Crippen molar-refractivity contribution in [3.05, 3.63) is 59.2 Å². The molecule has 0 aliphatic heterocycles. The predicted octanol–water partition coefficient (Wildman–Crippen LogP) is 2.31. The van der Waals surface area contributed by atoms with Crippen molar-refractivity contribution in [3.8, 4) is 0 Å². The number of hydrogen-bond donors (Lipinski definition) is 1. The molecule has 2 aromatic rings. The van der Waals surface area contributed by atoms with Gasteiger partial charge in [0, 0.05) is 0 Å². The first-order valence-corrected chi connectivity index (χ1v) is 4.90. The minimum Gasteiger partial charge on any atom is -0.397 e. The van der Waals surface area contributed by atoms with Gasteiger partial charge in [-0.2, -0.15) is 0 Å². The molecule has 0 atom stereocenters. The molecule has 0 saturated carbocycles. The standard InChI is InChI=1S/C12H7F3N2O/c13-8-3-2-7(10(14)11(8)15)12(18)9-4-1-6(16)5-17-9/h1-5H,16H2. The third kappa shape index (κ3) is 2.04. The Balaban J connectivity index is 2.46. The van der Waals surface area contributed by atoms with Crippen molar-refractivity contribution < 1.29 is 18.0 Å². The number of halogens is 3. The van der Waals surface area contributed by atoms with E-state index in [0.29, 0.717) is 11.8 Å². The molecule has 18 heavy (non-hydrogen) atoms. The second-order valence-electron chi connectivity index (χ2n) is 3.53. The summed E-state index contributed by atoms with van der Waals surface area (Å²) < 4.78 is 39.1. The summed E-state index contributed by atoms with van der Waals surface area (Å²) in [7, 11) is 0. The summed E-state index contributed by atoms with van der Waals surface area (Å²) in [4.78, 5) is 15.5. The SMILES string of the molecule is Nc1ccc(C(=O)c2ccc(F)c(F)c2F)nc1. The van der Waals surface area contributed by atoms with E-state index in [1.165, 1.54) is 18.3 Å². The Morgan fingerprint density at radius 2 is 1.78 bits per heavy atom. The van der Waals surface area contributed by atoms with E-state index in [4.69, 9.17) is 5.73 Å². The van der Waals surface area contributed by atoms with Crippen LogP contribution in [0, 0.1) is 17.5 Å². The third-order valence-electron chi connectivity index (χ3n) is 2.30. The van der Waals surface area contributed by atoms with E-state index in [-0.39, 0.29) is 5.69 Å². The van der Waals surface area contributed by atoms with E-state index >= 15 is 0 Å². The van der Waals surface area contributed by atoms with E-state index in [0.717, 1.165) is 6.07 Å². The van der Waals surface area contributed by atoms with Crippen LogP contribution in [0.4, 0.5) is 18.9 Å². The maximum absolute atomic E-state index is 13.4. The Morgan fingerprint density at radius 1 is 1.06 bits per heavy atom. The van der Waals surface area contributed by atoms with Gasteiger partial charge in [0.15, 0.2) is 17.5 Å². The highest BCUT2D eigenvalue weighted by Crippen LogP contribution is 2.18. The van der Waals surface area contributed by atoms with Gasteiger partial charge in [0.1, 0.15) is 5.69 Å². The van der Waals surface area contributed by atoms with Gasteiger partial charge in [-0.25, -0.2) is 13.2 Å². The van der Waals surface area contributed by atoms with Gasteiger partial charge in [-0.15, -0.1) is 0 Å². The molecule has 0 amide bonds. The van der Waals surface area contributed by atoms with Crippen LogP contribution in [0.2, 0.25) is 0 Å². The summed E-state index contributed by atoms with van der Waals surface area (Å²) in [5.74, 6) is -5.41. The molecule has 0 radical (unpaired) electrons. The zero-order chi connectivity index (χ0) is 13.3. The summed E-state index contributed by atoms with van der Waals surface area (Å²) in [6.45, 7) is 0. The molecule has 0 spiro atoms. The molecule has 0 bridgehead atoms. The molecule has 2 N–H and O–H groups in total. The second-order valence-corrected chi connectivity index (χ2v) is 3.53. The summed E-state index contributed by atoms with van der Waals surface area (Å²) in [6.07, 6.45) is 1.21. The fourth-order valence-corrected chi connectivity index (χ4v) is 1.38. The van der Waals surface area contributed by atoms with Gasteiger partial charge in [0.05, 0.1) is 17.4 Å². The lowest BCUT2D eigenvalue weighted by atomic mass is 10.1. The molecular weight excluding hydrogens is 245 g/mol. The Labute approximate surface area is 100 Å². The van der Waals surface area contributed by atoms with Crippen molar-refractivity contribution in [1.29, 1.82) is 0 Å². The van der Waals surface area contributed by atoms with Crippen LogP contribution in [0.15, 0.2) is 30.5 Å². The zero-order valence-electron chi connectivity index (χ0n) is 8.95. The maximum Gasteiger partial charge on any atom is 0.214 e. The molecule has 1 heterocycles. The first kappa shape index (κ1) is 12.1. The number of pyridine rings is 1. The molecule has 0 saturated heterocycles. The molecule has 1 aromatic carbocycles. The highest BCUT2D eigenvalue weighted by Gasteiger charge is 2.20. The zero-order valence-corrected chi connectivity index (χ0v) is 8.95. The summed E-state index contributed by atoms with van der Waals surface area (Å²) in [5.41, 5.74) is 5.03. The number of ketones is 1. The number of carbonyl (C=O) groups excluding carboxylic acids is 1. The van der Waals surface area contributed by atoms with Crippen LogP contribution in [0.3, 0.4) is 0 Å². The maximum atomic E-state index is 13.4. The van der Waals surface area contributed by atoms with E-state index in [9.17, 15) is 18.0 Å². The van der Waals surface area contributed by atoms with Crippen LogP contribution < -0.4 is 5.73 Å². The minimum atomic E-state index is -1.68. The summed E-state index contributed by atoms with van der Waals surface area (Å²) in [5, 5.41) is 0. The van der Waals surface area contributed by atoms with E-state index in [2.05, 4.69) is 4.98 Å². The van der Waals surface area contributed by atoms with Crippen molar-refractivity contribution in [3.63, 3.8) is 0 Å². The molecule has 0 fully saturated rings. The number of aromatic nitrogens is 1. The fourth-order valence-electron chi connectivity index (χ4n) is 1.38. The van der Waals surface area contributed by atoms with Crippen molar-refractivity contribution in [2.75, 3.05) is 5.73 Å². The monoisotopic (exact) mass is 252 g/mol. The Hall–Kier alpha value is -2.37. The number of nitrogens with two attached hydrogens (primary N) is 1. The van der Waals surface area contributed by atoms with Gasteiger partial charge in [-0.05, 0) is 24.3 Å². The van der Waals surface area contributed by atoms with Gasteiger partial charge in [0.25, 0.3) is 0 Å². The van der Waals surface area contributed by atoms with Crippen LogP contribution in [0.1, 0.15) is 16.1 Å². The van der Waals surface area contributed by atoms with E-state index in [1.807, 2.05) is 0 Å². The van der Waals surface area contributed by atoms with Gasteiger partial charge in [-0.1, -0.05) is 0 Å². The van der Waals surface area contributed by atoms with Crippen molar-refractivity contribution in [2.45, 2.75) is 0 Å². The van der Waals surface area contributed by atoms with Gasteiger partial charge in [-0.3, -0.25) is 9.78 Å². The van der Waals surface area contributed by atoms with Crippen LogP contribution in [0.5, 0.6) is 0 Å². The number of anilines is 1. The summed E-state index contributed by atoms with van der Waals surface area (Å²) in [6, 6.07) is 4.23. The lowest BCUT2D eigenvalue weighted by Gasteiger charge is -2.03. The van der Waals surface area contributed by atoms with Crippen LogP contribution in [-0.2, 0) is 0 Å². The van der Waals surface area contributed by atoms with Crippen molar-refractivity contribution >= 4 is 11.5 Å². The Kier molecular flexibility index (Phi) is 3.01. The normalized spacial score (nSPS) is 10.4. The lowest BCUT2D eigenvalue weighted by Crippen LogP contribution is -2.09.